The summed E-state index contributed by atoms with van der Waals surface area (Å²) in [5.74, 6) is -0.823. The molecule has 1 fully saturated rings. The molecular formula is C23H26N2O5. The number of benzene rings is 2. The molecule has 0 radical (unpaired) electrons. The first-order valence-electron chi connectivity index (χ1n) is 10.1. The zero-order valence-corrected chi connectivity index (χ0v) is 16.9. The van der Waals surface area contributed by atoms with E-state index in [1.807, 2.05) is 30.3 Å². The van der Waals surface area contributed by atoms with Gasteiger partial charge < -0.3 is 14.8 Å². The van der Waals surface area contributed by atoms with E-state index in [0.717, 1.165) is 31.2 Å². The lowest BCUT2D eigenvalue weighted by molar-refractivity contribution is -0.127. The maximum absolute atomic E-state index is 12.4. The summed E-state index contributed by atoms with van der Waals surface area (Å²) in [6.45, 7) is 1.79. The van der Waals surface area contributed by atoms with Crippen molar-refractivity contribution in [3.05, 3.63) is 65.7 Å². The number of ether oxygens (including phenoxy) is 2. The van der Waals surface area contributed by atoms with Gasteiger partial charge in [-0.05, 0) is 43.5 Å². The summed E-state index contributed by atoms with van der Waals surface area (Å²) in [4.78, 5) is 36.4. The number of urea groups is 1. The van der Waals surface area contributed by atoms with E-state index >= 15 is 0 Å². The van der Waals surface area contributed by atoms with Crippen LogP contribution in [-0.2, 0) is 16.1 Å². The van der Waals surface area contributed by atoms with Crippen LogP contribution < -0.4 is 15.4 Å². The minimum Gasteiger partial charge on any atom is -0.489 e. The van der Waals surface area contributed by atoms with Crippen LogP contribution in [0.3, 0.4) is 0 Å². The Labute approximate surface area is 175 Å². The number of nitrogens with one attached hydrogen (secondary N) is 2. The Morgan fingerprint density at radius 1 is 1.03 bits per heavy atom. The van der Waals surface area contributed by atoms with Gasteiger partial charge in [-0.1, -0.05) is 49.2 Å². The van der Waals surface area contributed by atoms with Crippen molar-refractivity contribution in [1.82, 2.24) is 10.6 Å². The Hall–Kier alpha value is -3.35. The second kappa shape index (κ2) is 10.4. The van der Waals surface area contributed by atoms with E-state index in [1.165, 1.54) is 6.92 Å². The molecule has 2 N–H and O–H groups in total. The van der Waals surface area contributed by atoms with Crippen molar-refractivity contribution in [3.8, 4) is 5.75 Å². The molecule has 3 amide bonds. The number of hydrogen-bond donors (Lipinski definition) is 2. The minimum atomic E-state index is -1.11. The first kappa shape index (κ1) is 21.4. The van der Waals surface area contributed by atoms with Crippen molar-refractivity contribution in [2.24, 2.45) is 0 Å². The molecule has 0 spiro atoms. The van der Waals surface area contributed by atoms with Crippen molar-refractivity contribution in [1.29, 1.82) is 0 Å². The number of hydrogen-bond acceptors (Lipinski definition) is 5. The molecule has 0 unspecified atom stereocenters. The van der Waals surface area contributed by atoms with E-state index in [2.05, 4.69) is 10.6 Å². The number of rotatable bonds is 7. The first-order chi connectivity index (χ1) is 14.5. The molecule has 1 saturated carbocycles. The highest BCUT2D eigenvalue weighted by Gasteiger charge is 2.23. The SMILES string of the molecule is C[C@H](OC(=O)c1cccc(OCc2ccccc2)c1)C(=O)NC(=O)NC1CCCC1. The average molecular weight is 410 g/mol. The van der Waals surface area contributed by atoms with Gasteiger partial charge in [-0.25, -0.2) is 9.59 Å². The van der Waals surface area contributed by atoms with E-state index in [1.54, 1.807) is 24.3 Å². The molecule has 0 aromatic heterocycles. The van der Waals surface area contributed by atoms with Crippen LogP contribution in [0.1, 0.15) is 48.5 Å². The van der Waals surface area contributed by atoms with Gasteiger partial charge in [-0.3, -0.25) is 10.1 Å². The Bertz CT molecular complexity index is 878. The van der Waals surface area contributed by atoms with Gasteiger partial charge in [0.2, 0.25) is 0 Å². The van der Waals surface area contributed by atoms with Gasteiger partial charge >= 0.3 is 12.0 Å². The quantitative estimate of drug-likeness (QED) is 0.681. The molecule has 0 bridgehead atoms. The Kier molecular flexibility index (Phi) is 7.43. The minimum absolute atomic E-state index is 0.0919. The molecule has 30 heavy (non-hydrogen) atoms. The number of carbonyl (C=O) groups excluding carboxylic acids is 3. The van der Waals surface area contributed by atoms with E-state index in [4.69, 9.17) is 9.47 Å². The molecule has 0 saturated heterocycles. The predicted octanol–water partition coefficient (Wildman–Crippen LogP) is 3.58. The summed E-state index contributed by atoms with van der Waals surface area (Å²) in [5.41, 5.74) is 1.27. The summed E-state index contributed by atoms with van der Waals surface area (Å²) in [6.07, 6.45) is 2.85. The smallest absolute Gasteiger partial charge is 0.339 e. The van der Waals surface area contributed by atoms with Crippen LogP contribution in [0.25, 0.3) is 0 Å². The highest BCUT2D eigenvalue weighted by Crippen LogP contribution is 2.18. The van der Waals surface area contributed by atoms with Crippen molar-refractivity contribution < 1.29 is 23.9 Å². The molecule has 0 aliphatic heterocycles. The molecule has 7 heteroatoms. The van der Waals surface area contributed by atoms with Crippen LogP contribution in [0.15, 0.2) is 54.6 Å². The lowest BCUT2D eigenvalue weighted by Gasteiger charge is -2.16. The summed E-state index contributed by atoms with van der Waals surface area (Å²) in [7, 11) is 0. The molecule has 7 nitrogen and oxygen atoms in total. The van der Waals surface area contributed by atoms with Crippen LogP contribution in [0, 0.1) is 0 Å². The fraction of sp³-hybridized carbons (Fsp3) is 0.348. The van der Waals surface area contributed by atoms with Crippen molar-refractivity contribution >= 4 is 17.9 Å². The second-order valence-corrected chi connectivity index (χ2v) is 7.29. The monoisotopic (exact) mass is 410 g/mol. The van der Waals surface area contributed by atoms with E-state index in [0.29, 0.717) is 12.4 Å². The molecule has 0 heterocycles. The first-order valence-corrected chi connectivity index (χ1v) is 10.1. The third-order valence-electron chi connectivity index (χ3n) is 4.90. The van der Waals surface area contributed by atoms with Crippen LogP contribution in [0.2, 0.25) is 0 Å². The molecular weight excluding hydrogens is 384 g/mol. The van der Waals surface area contributed by atoms with Gasteiger partial charge in [0.1, 0.15) is 12.4 Å². The number of imide groups is 1. The highest BCUT2D eigenvalue weighted by molar-refractivity contribution is 5.98. The lowest BCUT2D eigenvalue weighted by Crippen LogP contribution is -2.47. The summed E-state index contributed by atoms with van der Waals surface area (Å²) in [6, 6.07) is 15.7. The molecule has 2 aromatic rings. The normalized spacial score (nSPS) is 14.6. The van der Waals surface area contributed by atoms with Gasteiger partial charge in [-0.15, -0.1) is 0 Å². The fourth-order valence-electron chi connectivity index (χ4n) is 3.24. The van der Waals surface area contributed by atoms with Gasteiger partial charge in [0.05, 0.1) is 5.56 Å². The Balaban J connectivity index is 1.49. The van der Waals surface area contributed by atoms with Crippen molar-refractivity contribution in [2.75, 3.05) is 0 Å². The molecule has 158 valence electrons. The van der Waals surface area contributed by atoms with E-state index in [9.17, 15) is 14.4 Å². The Morgan fingerprint density at radius 2 is 1.77 bits per heavy atom. The predicted molar refractivity (Wildman–Crippen MR) is 111 cm³/mol. The Morgan fingerprint density at radius 3 is 2.50 bits per heavy atom. The maximum atomic E-state index is 12.4. The lowest BCUT2D eigenvalue weighted by atomic mass is 10.2. The molecule has 1 aliphatic rings. The third-order valence-corrected chi connectivity index (χ3v) is 4.90. The molecule has 3 rings (SSSR count). The summed E-state index contributed by atoms with van der Waals surface area (Å²) < 4.78 is 10.9. The van der Waals surface area contributed by atoms with Crippen LogP contribution in [-0.4, -0.2) is 30.1 Å². The standard InChI is InChI=1S/C23H26N2O5/c1-16(21(26)25-23(28)24-19-11-5-6-12-19)30-22(27)18-10-7-13-20(14-18)29-15-17-8-3-2-4-9-17/h2-4,7-10,13-14,16,19H,5-6,11-12,15H2,1H3,(H2,24,25,26,28)/t16-/m0/s1. The molecule has 1 atom stereocenters. The van der Waals surface area contributed by atoms with Gasteiger partial charge in [-0.2, -0.15) is 0 Å². The summed E-state index contributed by atoms with van der Waals surface area (Å²) in [5, 5.41) is 4.98. The number of amides is 3. The van der Waals surface area contributed by atoms with Crippen LogP contribution in [0.4, 0.5) is 4.79 Å². The summed E-state index contributed by atoms with van der Waals surface area (Å²) >= 11 is 0. The van der Waals surface area contributed by atoms with Crippen molar-refractivity contribution in [2.45, 2.75) is 51.4 Å². The van der Waals surface area contributed by atoms with Crippen molar-refractivity contribution in [3.63, 3.8) is 0 Å². The third kappa shape index (κ3) is 6.34. The number of carbonyl (C=O) groups is 3. The van der Waals surface area contributed by atoms with Gasteiger partial charge in [0.25, 0.3) is 5.91 Å². The zero-order valence-electron chi connectivity index (χ0n) is 16.9. The van der Waals surface area contributed by atoms with E-state index in [-0.39, 0.29) is 11.6 Å². The topological polar surface area (TPSA) is 93.7 Å². The highest BCUT2D eigenvalue weighted by atomic mass is 16.5. The van der Waals surface area contributed by atoms with Gasteiger partial charge in [0.15, 0.2) is 6.10 Å². The van der Waals surface area contributed by atoms with Crippen LogP contribution >= 0.6 is 0 Å². The largest absolute Gasteiger partial charge is 0.489 e. The fourth-order valence-corrected chi connectivity index (χ4v) is 3.24. The average Bonchev–Trinajstić information content (AvgIpc) is 3.26. The number of esters is 1. The van der Waals surface area contributed by atoms with Gasteiger partial charge in [0, 0.05) is 6.04 Å². The van der Waals surface area contributed by atoms with Crippen LogP contribution in [0.5, 0.6) is 5.75 Å². The zero-order chi connectivity index (χ0) is 21.3. The van der Waals surface area contributed by atoms with E-state index < -0.39 is 24.0 Å². The second-order valence-electron chi connectivity index (χ2n) is 7.29. The molecule has 1 aliphatic carbocycles. The maximum Gasteiger partial charge on any atom is 0.339 e. The molecule has 2 aromatic carbocycles.